The molecule has 0 saturated heterocycles. The van der Waals surface area contributed by atoms with E-state index < -0.39 is 24.0 Å². The summed E-state index contributed by atoms with van der Waals surface area (Å²) in [5, 5.41) is 9.08. The van der Waals surface area contributed by atoms with Gasteiger partial charge in [-0.2, -0.15) is 13.2 Å². The molecule has 0 aliphatic carbocycles. The molecule has 1 aliphatic rings. The van der Waals surface area contributed by atoms with Crippen LogP contribution in [-0.4, -0.2) is 36.8 Å². The Kier molecular flexibility index (Phi) is 6.86. The van der Waals surface area contributed by atoms with Crippen LogP contribution >= 0.6 is 11.6 Å². The van der Waals surface area contributed by atoms with Crippen LogP contribution in [0.2, 0.25) is 5.02 Å². The molecule has 2 unspecified atom stereocenters. The first kappa shape index (κ1) is 25.4. The van der Waals surface area contributed by atoms with Crippen LogP contribution in [0, 0.1) is 0 Å². The number of carboxylic acid groups (broad SMARTS) is 1. The predicted molar refractivity (Wildman–Crippen MR) is 127 cm³/mol. The van der Waals surface area contributed by atoms with Gasteiger partial charge in [0, 0.05) is 12.1 Å². The fourth-order valence-electron chi connectivity index (χ4n) is 4.17. The van der Waals surface area contributed by atoms with Crippen molar-refractivity contribution < 1.29 is 37.3 Å². The summed E-state index contributed by atoms with van der Waals surface area (Å²) in [6, 6.07) is 14.2. The van der Waals surface area contributed by atoms with Gasteiger partial charge in [0.15, 0.2) is 6.61 Å². The van der Waals surface area contributed by atoms with Crippen LogP contribution in [-0.2, 0) is 4.79 Å². The van der Waals surface area contributed by atoms with E-state index in [0.717, 1.165) is 0 Å². The number of benzene rings is 3. The number of alkyl halides is 3. The molecule has 3 aromatic carbocycles. The van der Waals surface area contributed by atoms with Crippen molar-refractivity contribution in [3.8, 4) is 17.2 Å². The number of nitrogens with zero attached hydrogens (tertiary/aromatic N) is 1. The van der Waals surface area contributed by atoms with E-state index in [-0.39, 0.29) is 45.7 Å². The molecule has 0 radical (unpaired) electrons. The second-order valence-corrected chi connectivity index (χ2v) is 8.80. The maximum absolute atomic E-state index is 14.3. The molecule has 0 aromatic heterocycles. The first-order valence-corrected chi connectivity index (χ1v) is 11.2. The van der Waals surface area contributed by atoms with Gasteiger partial charge in [-0.3, -0.25) is 4.79 Å². The zero-order valence-corrected chi connectivity index (χ0v) is 19.9. The lowest BCUT2D eigenvalue weighted by atomic mass is 9.81. The summed E-state index contributed by atoms with van der Waals surface area (Å²) in [5.74, 6) is -3.43. The number of halogens is 4. The Labute approximate surface area is 209 Å². The van der Waals surface area contributed by atoms with E-state index in [1.165, 1.54) is 79.5 Å². The van der Waals surface area contributed by atoms with Crippen LogP contribution in [0.3, 0.4) is 0 Å². The summed E-state index contributed by atoms with van der Waals surface area (Å²) in [7, 11) is 1.49. The standard InChI is InChI=1S/C26H21ClF3NO5/c1-14(19-9-8-18(12-20(19)27)36-17-6-3-15(4-7-17)25(33)34)24(26(28,29)30)16-5-10-22-21(11-16)31(2)23(32)13-35-22/h3-12,14,24H,13H2,1-2H3,(H,33,34). The number of rotatable bonds is 6. The van der Waals surface area contributed by atoms with Gasteiger partial charge >= 0.3 is 12.1 Å². The Morgan fingerprint density at radius 1 is 1.08 bits per heavy atom. The number of carbonyl (C=O) groups excluding carboxylic acids is 1. The van der Waals surface area contributed by atoms with E-state index in [4.69, 9.17) is 26.2 Å². The molecule has 36 heavy (non-hydrogen) atoms. The van der Waals surface area contributed by atoms with E-state index in [2.05, 4.69) is 0 Å². The molecular weight excluding hydrogens is 499 g/mol. The van der Waals surface area contributed by atoms with Crippen LogP contribution in [0.5, 0.6) is 17.2 Å². The maximum atomic E-state index is 14.3. The molecule has 0 saturated carbocycles. The molecule has 1 amide bonds. The fourth-order valence-corrected chi connectivity index (χ4v) is 4.51. The highest BCUT2D eigenvalue weighted by Crippen LogP contribution is 2.48. The number of likely N-dealkylation sites (N-methyl/N-ethyl adjacent to an activating group) is 1. The quantitative estimate of drug-likeness (QED) is 0.395. The van der Waals surface area contributed by atoms with Gasteiger partial charge in [0.05, 0.1) is 17.2 Å². The van der Waals surface area contributed by atoms with Gasteiger partial charge in [-0.05, 0) is 65.6 Å². The van der Waals surface area contributed by atoms with E-state index in [0.29, 0.717) is 11.5 Å². The average Bonchev–Trinajstić information content (AvgIpc) is 2.81. The molecule has 3 aromatic rings. The monoisotopic (exact) mass is 519 g/mol. The second-order valence-electron chi connectivity index (χ2n) is 8.39. The molecule has 0 spiro atoms. The highest BCUT2D eigenvalue weighted by molar-refractivity contribution is 6.31. The van der Waals surface area contributed by atoms with Crippen LogP contribution in [0.25, 0.3) is 0 Å². The van der Waals surface area contributed by atoms with Crippen molar-refractivity contribution in [2.75, 3.05) is 18.6 Å². The van der Waals surface area contributed by atoms with Crippen molar-refractivity contribution >= 4 is 29.2 Å². The molecule has 0 bridgehead atoms. The molecule has 188 valence electrons. The van der Waals surface area contributed by atoms with Crippen molar-refractivity contribution in [2.45, 2.75) is 24.9 Å². The van der Waals surface area contributed by atoms with Gasteiger partial charge in [-0.15, -0.1) is 0 Å². The number of ether oxygens (including phenoxy) is 2. The first-order chi connectivity index (χ1) is 17.0. The molecule has 1 N–H and O–H groups in total. The van der Waals surface area contributed by atoms with Crippen LogP contribution in [0.1, 0.15) is 40.2 Å². The minimum Gasteiger partial charge on any atom is -0.482 e. The molecule has 1 aliphatic heterocycles. The Balaban J connectivity index is 1.62. The predicted octanol–water partition coefficient (Wildman–Crippen LogP) is 6.64. The highest BCUT2D eigenvalue weighted by atomic mass is 35.5. The largest absolute Gasteiger partial charge is 0.482 e. The summed E-state index contributed by atoms with van der Waals surface area (Å²) < 4.78 is 54.0. The minimum atomic E-state index is -4.60. The van der Waals surface area contributed by atoms with Crippen LogP contribution in [0.4, 0.5) is 18.9 Å². The van der Waals surface area contributed by atoms with E-state index >= 15 is 0 Å². The molecule has 10 heteroatoms. The number of hydrogen-bond acceptors (Lipinski definition) is 4. The molecule has 1 heterocycles. The summed E-state index contributed by atoms with van der Waals surface area (Å²) >= 11 is 6.40. The molecular formula is C26H21ClF3NO5. The van der Waals surface area contributed by atoms with E-state index in [1.54, 1.807) is 0 Å². The lowest BCUT2D eigenvalue weighted by Crippen LogP contribution is -2.35. The van der Waals surface area contributed by atoms with Crippen molar-refractivity contribution in [3.63, 3.8) is 0 Å². The number of aromatic carboxylic acids is 1. The van der Waals surface area contributed by atoms with Crippen LogP contribution in [0.15, 0.2) is 60.7 Å². The number of carboxylic acids is 1. The topological polar surface area (TPSA) is 76.1 Å². The summed E-state index contributed by atoms with van der Waals surface area (Å²) in [6.45, 7) is 1.27. The van der Waals surface area contributed by atoms with Gasteiger partial charge in [-0.1, -0.05) is 30.7 Å². The van der Waals surface area contributed by atoms with Crippen molar-refractivity contribution in [1.29, 1.82) is 0 Å². The number of amides is 1. The third-order valence-electron chi connectivity index (χ3n) is 6.08. The van der Waals surface area contributed by atoms with Crippen LogP contribution < -0.4 is 14.4 Å². The number of anilines is 1. The van der Waals surface area contributed by atoms with E-state index in [1.807, 2.05) is 0 Å². The Morgan fingerprint density at radius 2 is 1.75 bits per heavy atom. The third-order valence-corrected chi connectivity index (χ3v) is 6.41. The summed E-state index contributed by atoms with van der Waals surface area (Å²) in [5.41, 5.74) is 0.612. The molecule has 0 fully saturated rings. The SMILES string of the molecule is CC(c1ccc(Oc2ccc(C(=O)O)cc2)cc1Cl)C(c1ccc2c(c1)N(C)C(=O)CO2)C(F)(F)F. The molecule has 4 rings (SSSR count). The number of carbonyl (C=O) groups is 2. The lowest BCUT2D eigenvalue weighted by molar-refractivity contribution is -0.154. The average molecular weight is 520 g/mol. The van der Waals surface area contributed by atoms with Crippen molar-refractivity contribution in [1.82, 2.24) is 0 Å². The van der Waals surface area contributed by atoms with Crippen molar-refractivity contribution in [3.05, 3.63) is 82.4 Å². The second kappa shape index (κ2) is 9.73. The zero-order valence-electron chi connectivity index (χ0n) is 19.2. The third kappa shape index (κ3) is 5.11. The molecule has 6 nitrogen and oxygen atoms in total. The molecule has 2 atom stereocenters. The minimum absolute atomic E-state index is 0.0196. The van der Waals surface area contributed by atoms with Gasteiger partial charge in [0.2, 0.25) is 0 Å². The van der Waals surface area contributed by atoms with Gasteiger partial charge < -0.3 is 19.5 Å². The maximum Gasteiger partial charge on any atom is 0.396 e. The van der Waals surface area contributed by atoms with E-state index in [9.17, 15) is 22.8 Å². The highest BCUT2D eigenvalue weighted by Gasteiger charge is 2.45. The van der Waals surface area contributed by atoms with Gasteiger partial charge in [0.1, 0.15) is 17.2 Å². The first-order valence-electron chi connectivity index (χ1n) is 10.9. The Bertz CT molecular complexity index is 1310. The zero-order chi connectivity index (χ0) is 26.2. The number of fused-ring (bicyclic) bond motifs is 1. The fraction of sp³-hybridized carbons (Fsp3) is 0.231. The Hall–Kier alpha value is -3.72. The van der Waals surface area contributed by atoms with Crippen molar-refractivity contribution in [2.24, 2.45) is 0 Å². The van der Waals surface area contributed by atoms with Gasteiger partial charge in [-0.25, -0.2) is 4.79 Å². The summed E-state index contributed by atoms with van der Waals surface area (Å²) in [6.07, 6.45) is -4.60. The summed E-state index contributed by atoms with van der Waals surface area (Å²) in [4.78, 5) is 24.2. The number of hydrogen-bond donors (Lipinski definition) is 1. The van der Waals surface area contributed by atoms with Gasteiger partial charge in [0.25, 0.3) is 5.91 Å². The lowest BCUT2D eigenvalue weighted by Gasteiger charge is -2.31. The Morgan fingerprint density at radius 3 is 2.36 bits per heavy atom. The normalized spacial score (nSPS) is 15.1. The smallest absolute Gasteiger partial charge is 0.396 e.